The summed E-state index contributed by atoms with van der Waals surface area (Å²) in [6.07, 6.45) is 1.79. The standard InChI is InChI=1S/C41H64N4O5/c1-26(2)17-33(24-43(7)8)44(23-31-15-10-11-16-36(31)49-9)21-29-13-12-14-30(18-29)22-45-39(38(28(4)47)37(25-46)50-45)40(48)42-35-20-32-19-34(27(35)3)41(32,5)6/h10-16,18,26-28,32-35,37-39,46-47H,17,19-25H2,1-9H3,(H,42,48)/t27-,28-,32?,33-,34?,35-,37-,38+,39-/m0/s1. The average molecular weight is 693 g/mol. The third-order valence-electron chi connectivity index (χ3n) is 12.2. The van der Waals surface area contributed by atoms with E-state index in [1.165, 1.54) is 12.0 Å². The van der Waals surface area contributed by atoms with Gasteiger partial charge in [-0.25, -0.2) is 0 Å². The van der Waals surface area contributed by atoms with Gasteiger partial charge in [-0.3, -0.25) is 14.5 Å². The molecule has 1 amide bonds. The van der Waals surface area contributed by atoms with Gasteiger partial charge in [-0.15, -0.1) is 0 Å². The Bertz CT molecular complexity index is 1400. The highest BCUT2D eigenvalue weighted by Gasteiger charge is 2.57. The highest BCUT2D eigenvalue weighted by Crippen LogP contribution is 2.61. The zero-order valence-electron chi connectivity index (χ0n) is 32.0. The molecule has 1 heterocycles. The molecule has 4 fully saturated rings. The van der Waals surface area contributed by atoms with E-state index in [1.807, 2.05) is 12.1 Å². The smallest absolute Gasteiger partial charge is 0.240 e. The van der Waals surface area contributed by atoms with Gasteiger partial charge in [0.1, 0.15) is 17.9 Å². The Balaban J connectivity index is 1.37. The Morgan fingerprint density at radius 2 is 1.80 bits per heavy atom. The molecule has 2 aromatic rings. The van der Waals surface area contributed by atoms with Gasteiger partial charge < -0.3 is 25.2 Å². The maximum absolute atomic E-state index is 14.2. The number of nitrogens with one attached hydrogen (secondary N) is 1. The van der Waals surface area contributed by atoms with Crippen molar-refractivity contribution in [1.82, 2.24) is 20.2 Å². The summed E-state index contributed by atoms with van der Waals surface area (Å²) in [6.45, 7) is 15.8. The molecule has 2 unspecified atom stereocenters. The van der Waals surface area contributed by atoms with Gasteiger partial charge >= 0.3 is 0 Å². The maximum atomic E-state index is 14.2. The second kappa shape index (κ2) is 16.4. The zero-order valence-corrected chi connectivity index (χ0v) is 32.0. The summed E-state index contributed by atoms with van der Waals surface area (Å²) in [5.41, 5.74) is 3.67. The number of carbonyl (C=O) groups is 1. The molecule has 0 radical (unpaired) electrons. The quantitative estimate of drug-likeness (QED) is 0.217. The number of rotatable bonds is 16. The zero-order chi connectivity index (χ0) is 36.3. The van der Waals surface area contributed by atoms with Crippen molar-refractivity contribution < 1.29 is 24.6 Å². The van der Waals surface area contributed by atoms with E-state index in [4.69, 9.17) is 9.57 Å². The van der Waals surface area contributed by atoms with Crippen LogP contribution in [0.4, 0.5) is 0 Å². The molecular formula is C41H64N4O5. The Kier molecular flexibility index (Phi) is 12.7. The van der Waals surface area contributed by atoms with Gasteiger partial charge in [0.15, 0.2) is 0 Å². The minimum Gasteiger partial charge on any atom is -0.496 e. The lowest BCUT2D eigenvalue weighted by Gasteiger charge is -2.62. The number of hydroxylamine groups is 2. The molecule has 9 heteroatoms. The number of amides is 1. The molecule has 2 bridgehead atoms. The van der Waals surface area contributed by atoms with Gasteiger partial charge in [0, 0.05) is 43.2 Å². The SMILES string of the molecule is COc1ccccc1CN(Cc1cccc(CN2O[C@@H](CO)[C@@H]([C@H](C)O)[C@H]2C(=O)N[C@H]2CC3CC([C@@H]2C)C3(C)C)c1)[C@@H](CC(C)C)CN(C)C. The van der Waals surface area contributed by atoms with Crippen LogP contribution in [0.25, 0.3) is 0 Å². The molecule has 2 aromatic carbocycles. The third-order valence-corrected chi connectivity index (χ3v) is 12.2. The first-order valence-corrected chi connectivity index (χ1v) is 18.8. The summed E-state index contributed by atoms with van der Waals surface area (Å²) in [5, 5.41) is 26.3. The number of benzene rings is 2. The molecule has 9 nitrogen and oxygen atoms in total. The number of ether oxygens (including phenoxy) is 1. The number of likely N-dealkylation sites (N-methyl/N-ethyl adjacent to an activating group) is 1. The van der Waals surface area contributed by atoms with Crippen LogP contribution in [0.2, 0.25) is 0 Å². The lowest BCUT2D eigenvalue weighted by atomic mass is 9.45. The fourth-order valence-corrected chi connectivity index (χ4v) is 9.40. The maximum Gasteiger partial charge on any atom is 0.240 e. The van der Waals surface area contributed by atoms with Crippen LogP contribution in [0, 0.1) is 35.0 Å². The number of methoxy groups -OCH3 is 1. The van der Waals surface area contributed by atoms with Crippen molar-refractivity contribution in [2.45, 2.75) is 111 Å². The summed E-state index contributed by atoms with van der Waals surface area (Å²) < 4.78 is 5.75. The Morgan fingerprint density at radius 3 is 2.42 bits per heavy atom. The summed E-state index contributed by atoms with van der Waals surface area (Å²) >= 11 is 0. The summed E-state index contributed by atoms with van der Waals surface area (Å²) in [4.78, 5) is 25.3. The van der Waals surface area contributed by atoms with Gasteiger partial charge in [-0.05, 0) is 86.6 Å². The highest BCUT2D eigenvalue weighted by atomic mass is 16.7. The van der Waals surface area contributed by atoms with Gasteiger partial charge in [0.05, 0.1) is 26.4 Å². The lowest BCUT2D eigenvalue weighted by molar-refractivity contribution is -0.183. The van der Waals surface area contributed by atoms with E-state index in [9.17, 15) is 15.0 Å². The first-order chi connectivity index (χ1) is 23.7. The number of hydrogen-bond acceptors (Lipinski definition) is 8. The van der Waals surface area contributed by atoms with Crippen LogP contribution in [0.1, 0.15) is 77.5 Å². The third kappa shape index (κ3) is 8.56. The fraction of sp³-hybridized carbons (Fsp3) is 0.683. The van der Waals surface area contributed by atoms with Crippen LogP contribution in [-0.4, -0.2) is 95.7 Å². The monoisotopic (exact) mass is 692 g/mol. The van der Waals surface area contributed by atoms with Gasteiger partial charge in [-0.2, -0.15) is 5.06 Å². The Hall–Kier alpha value is -2.53. The Labute approximate surface area is 301 Å². The van der Waals surface area contributed by atoms with E-state index < -0.39 is 24.2 Å². The van der Waals surface area contributed by atoms with Crippen LogP contribution >= 0.6 is 0 Å². The minimum atomic E-state index is -0.825. The molecule has 1 aliphatic heterocycles. The van der Waals surface area contributed by atoms with Crippen molar-refractivity contribution in [1.29, 1.82) is 0 Å². The molecule has 3 saturated carbocycles. The first-order valence-electron chi connectivity index (χ1n) is 18.8. The predicted octanol–water partition coefficient (Wildman–Crippen LogP) is 5.33. The number of fused-ring (bicyclic) bond motifs is 2. The molecule has 278 valence electrons. The van der Waals surface area contributed by atoms with Crippen molar-refractivity contribution >= 4 is 5.91 Å². The topological polar surface area (TPSA) is 97.7 Å². The molecule has 3 N–H and O–H groups in total. The Morgan fingerprint density at radius 1 is 1.08 bits per heavy atom. The summed E-state index contributed by atoms with van der Waals surface area (Å²) in [7, 11) is 6.00. The molecular weight excluding hydrogens is 628 g/mol. The van der Waals surface area contributed by atoms with Gasteiger partial charge in [0.25, 0.3) is 0 Å². The van der Waals surface area contributed by atoms with Crippen molar-refractivity contribution in [2.24, 2.45) is 35.0 Å². The molecule has 4 aliphatic rings. The normalized spacial score (nSPS) is 28.9. The minimum absolute atomic E-state index is 0.0995. The van der Waals surface area contributed by atoms with Crippen LogP contribution < -0.4 is 10.1 Å². The number of hydrogen-bond donors (Lipinski definition) is 3. The predicted molar refractivity (Wildman–Crippen MR) is 198 cm³/mol. The van der Waals surface area contributed by atoms with Gasteiger partial charge in [0.2, 0.25) is 5.91 Å². The van der Waals surface area contributed by atoms with E-state index >= 15 is 0 Å². The van der Waals surface area contributed by atoms with Gasteiger partial charge in [-0.1, -0.05) is 77.1 Å². The van der Waals surface area contributed by atoms with E-state index in [-0.39, 0.29) is 18.6 Å². The lowest BCUT2D eigenvalue weighted by Crippen LogP contribution is -2.62. The van der Waals surface area contributed by atoms with Crippen molar-refractivity contribution in [3.05, 3.63) is 65.2 Å². The second-order valence-corrected chi connectivity index (χ2v) is 16.8. The van der Waals surface area contributed by atoms with E-state index in [1.54, 1.807) is 19.1 Å². The molecule has 0 aromatic heterocycles. The second-order valence-electron chi connectivity index (χ2n) is 16.8. The summed E-state index contributed by atoms with van der Waals surface area (Å²) in [5.74, 6) is 2.36. The van der Waals surface area contributed by atoms with E-state index in [2.05, 4.69) is 100 Å². The first kappa shape index (κ1) is 38.7. The van der Waals surface area contributed by atoms with Crippen LogP contribution in [0.5, 0.6) is 5.75 Å². The summed E-state index contributed by atoms with van der Waals surface area (Å²) in [6, 6.07) is 16.5. The average Bonchev–Trinajstić information content (AvgIpc) is 3.43. The van der Waals surface area contributed by atoms with Crippen LogP contribution in [-0.2, 0) is 29.3 Å². The van der Waals surface area contributed by atoms with Crippen molar-refractivity contribution in [2.75, 3.05) is 34.4 Å². The van der Waals surface area contributed by atoms with Crippen LogP contribution in [0.15, 0.2) is 48.5 Å². The molecule has 1 saturated heterocycles. The highest BCUT2D eigenvalue weighted by molar-refractivity contribution is 5.82. The number of aliphatic hydroxyl groups excluding tert-OH is 2. The number of aliphatic hydroxyl groups is 2. The molecule has 50 heavy (non-hydrogen) atoms. The van der Waals surface area contributed by atoms with E-state index in [0.29, 0.717) is 41.7 Å². The largest absolute Gasteiger partial charge is 0.496 e. The molecule has 0 spiro atoms. The molecule has 6 rings (SSSR count). The molecule has 3 aliphatic carbocycles. The number of para-hydroxylation sites is 1. The fourth-order valence-electron chi connectivity index (χ4n) is 9.40. The van der Waals surface area contributed by atoms with Crippen molar-refractivity contribution in [3.63, 3.8) is 0 Å². The number of nitrogens with zero attached hydrogens (tertiary/aromatic N) is 3. The number of carbonyl (C=O) groups excluding carboxylic acids is 1. The van der Waals surface area contributed by atoms with Crippen molar-refractivity contribution in [3.8, 4) is 5.75 Å². The molecule has 9 atom stereocenters. The van der Waals surface area contributed by atoms with E-state index in [0.717, 1.165) is 49.4 Å². The van der Waals surface area contributed by atoms with Crippen LogP contribution in [0.3, 0.4) is 0 Å².